The van der Waals surface area contributed by atoms with E-state index < -0.39 is 0 Å². The van der Waals surface area contributed by atoms with Crippen LogP contribution in [0.15, 0.2) is 0 Å². The molecule has 1 saturated heterocycles. The number of likely N-dealkylation sites (tertiary alicyclic amines) is 1. The van der Waals surface area contributed by atoms with Crippen molar-refractivity contribution in [2.75, 3.05) is 33.7 Å². The van der Waals surface area contributed by atoms with E-state index in [1.165, 1.54) is 12.8 Å². The van der Waals surface area contributed by atoms with Gasteiger partial charge in [-0.25, -0.2) is 0 Å². The smallest absolute Gasteiger partial charge is 0.236 e. The molecule has 1 saturated carbocycles. The Labute approximate surface area is 104 Å². The molecule has 4 heteroatoms. The second-order valence-corrected chi connectivity index (χ2v) is 5.82. The second kappa shape index (κ2) is 4.94. The topological polar surface area (TPSA) is 35.6 Å². The van der Waals surface area contributed by atoms with Crippen LogP contribution in [0.3, 0.4) is 0 Å². The summed E-state index contributed by atoms with van der Waals surface area (Å²) in [5.41, 5.74) is 0.266. The van der Waals surface area contributed by atoms with Gasteiger partial charge in [-0.2, -0.15) is 0 Å². The highest BCUT2D eigenvalue weighted by molar-refractivity contribution is 5.78. The van der Waals surface area contributed by atoms with Crippen LogP contribution in [0, 0.1) is 0 Å². The third-order valence-corrected chi connectivity index (χ3v) is 4.41. The lowest BCUT2D eigenvalue weighted by molar-refractivity contribution is -0.132. The highest BCUT2D eigenvalue weighted by Crippen LogP contribution is 2.26. The van der Waals surface area contributed by atoms with Gasteiger partial charge in [0.25, 0.3) is 0 Å². The number of nitrogens with zero attached hydrogens (tertiary/aromatic N) is 2. The van der Waals surface area contributed by atoms with Crippen LogP contribution in [0.2, 0.25) is 0 Å². The van der Waals surface area contributed by atoms with Crippen molar-refractivity contribution < 1.29 is 4.79 Å². The molecule has 1 amide bonds. The Morgan fingerprint density at radius 2 is 2.00 bits per heavy atom. The minimum Gasteiger partial charge on any atom is -0.342 e. The zero-order valence-corrected chi connectivity index (χ0v) is 11.3. The molecule has 2 fully saturated rings. The Hall–Kier alpha value is -0.610. The largest absolute Gasteiger partial charge is 0.342 e. The molecule has 0 bridgehead atoms. The summed E-state index contributed by atoms with van der Waals surface area (Å²) in [6.07, 6.45) is 4.65. The van der Waals surface area contributed by atoms with Gasteiger partial charge in [0.05, 0.1) is 6.54 Å². The zero-order valence-electron chi connectivity index (χ0n) is 11.3. The van der Waals surface area contributed by atoms with Gasteiger partial charge in [-0.3, -0.25) is 9.69 Å². The van der Waals surface area contributed by atoms with E-state index in [-0.39, 0.29) is 5.54 Å². The molecule has 2 aliphatic rings. The van der Waals surface area contributed by atoms with Crippen LogP contribution in [0.1, 0.15) is 32.6 Å². The van der Waals surface area contributed by atoms with Crippen LogP contribution >= 0.6 is 0 Å². The number of hydrogen-bond acceptors (Lipinski definition) is 3. The Balaban J connectivity index is 1.75. The molecule has 1 N–H and O–H groups in total. The SMILES string of the molecule is CNC1(C)CCN(CC(=O)N(C)C2CC2)CC1. The molecule has 98 valence electrons. The zero-order chi connectivity index (χ0) is 12.5. The van der Waals surface area contributed by atoms with Crippen molar-refractivity contribution in [3.63, 3.8) is 0 Å². The molecule has 1 aliphatic carbocycles. The first-order valence-corrected chi connectivity index (χ1v) is 6.71. The highest BCUT2D eigenvalue weighted by Gasteiger charge is 2.32. The molecular weight excluding hydrogens is 214 g/mol. The summed E-state index contributed by atoms with van der Waals surface area (Å²) >= 11 is 0. The van der Waals surface area contributed by atoms with Gasteiger partial charge in [-0.05, 0) is 39.7 Å². The van der Waals surface area contributed by atoms with Crippen molar-refractivity contribution in [3.8, 4) is 0 Å². The van der Waals surface area contributed by atoms with Gasteiger partial charge >= 0.3 is 0 Å². The maximum absolute atomic E-state index is 12.0. The molecule has 2 rings (SSSR count). The Bertz CT molecular complexity index is 280. The average molecular weight is 239 g/mol. The average Bonchev–Trinajstić information content (AvgIpc) is 3.15. The Morgan fingerprint density at radius 1 is 1.41 bits per heavy atom. The van der Waals surface area contributed by atoms with Gasteiger partial charge in [-0.15, -0.1) is 0 Å². The lowest BCUT2D eigenvalue weighted by Crippen LogP contribution is -2.51. The third-order valence-electron chi connectivity index (χ3n) is 4.41. The van der Waals surface area contributed by atoms with Crippen LogP contribution in [0.4, 0.5) is 0 Å². The van der Waals surface area contributed by atoms with Crippen molar-refractivity contribution in [2.45, 2.75) is 44.2 Å². The normalized spacial score (nSPS) is 24.6. The van der Waals surface area contributed by atoms with E-state index in [2.05, 4.69) is 17.1 Å². The van der Waals surface area contributed by atoms with E-state index in [0.717, 1.165) is 25.9 Å². The minimum absolute atomic E-state index is 0.266. The minimum atomic E-state index is 0.266. The van der Waals surface area contributed by atoms with E-state index in [0.29, 0.717) is 18.5 Å². The van der Waals surface area contributed by atoms with Gasteiger partial charge in [0.1, 0.15) is 0 Å². The number of likely N-dealkylation sites (N-methyl/N-ethyl adjacent to an activating group) is 1. The first-order chi connectivity index (χ1) is 8.04. The molecule has 0 spiro atoms. The summed E-state index contributed by atoms with van der Waals surface area (Å²) in [7, 11) is 3.98. The molecule has 1 aliphatic heterocycles. The van der Waals surface area contributed by atoms with Gasteiger partial charge < -0.3 is 10.2 Å². The predicted molar refractivity (Wildman–Crippen MR) is 68.9 cm³/mol. The van der Waals surface area contributed by atoms with E-state index in [1.54, 1.807) is 0 Å². The number of amides is 1. The van der Waals surface area contributed by atoms with Gasteiger partial charge in [-0.1, -0.05) is 0 Å². The number of piperidine rings is 1. The number of rotatable bonds is 4. The van der Waals surface area contributed by atoms with Gasteiger partial charge in [0.15, 0.2) is 0 Å². The number of hydrogen-bond donors (Lipinski definition) is 1. The second-order valence-electron chi connectivity index (χ2n) is 5.82. The van der Waals surface area contributed by atoms with E-state index in [1.807, 2.05) is 19.0 Å². The van der Waals surface area contributed by atoms with Crippen molar-refractivity contribution in [2.24, 2.45) is 0 Å². The Morgan fingerprint density at radius 3 is 2.47 bits per heavy atom. The first kappa shape index (κ1) is 12.8. The first-order valence-electron chi connectivity index (χ1n) is 6.71. The van der Waals surface area contributed by atoms with E-state index in [9.17, 15) is 4.79 Å². The molecule has 0 radical (unpaired) electrons. The lowest BCUT2D eigenvalue weighted by Gasteiger charge is -2.39. The monoisotopic (exact) mass is 239 g/mol. The summed E-state index contributed by atoms with van der Waals surface area (Å²) in [5.74, 6) is 0.292. The summed E-state index contributed by atoms with van der Waals surface area (Å²) in [6.45, 7) is 4.93. The van der Waals surface area contributed by atoms with Crippen LogP contribution in [-0.4, -0.2) is 61.0 Å². The van der Waals surface area contributed by atoms with E-state index in [4.69, 9.17) is 0 Å². The van der Waals surface area contributed by atoms with E-state index >= 15 is 0 Å². The van der Waals surface area contributed by atoms with Crippen molar-refractivity contribution in [1.29, 1.82) is 0 Å². The van der Waals surface area contributed by atoms with Crippen LogP contribution in [-0.2, 0) is 4.79 Å². The number of carbonyl (C=O) groups is 1. The Kier molecular flexibility index (Phi) is 3.73. The van der Waals surface area contributed by atoms with Crippen LogP contribution < -0.4 is 5.32 Å². The van der Waals surface area contributed by atoms with Crippen molar-refractivity contribution >= 4 is 5.91 Å². The molecule has 17 heavy (non-hydrogen) atoms. The fourth-order valence-electron chi connectivity index (χ4n) is 2.42. The fraction of sp³-hybridized carbons (Fsp3) is 0.923. The summed E-state index contributed by atoms with van der Waals surface area (Å²) < 4.78 is 0. The fourth-order valence-corrected chi connectivity index (χ4v) is 2.42. The van der Waals surface area contributed by atoms with Crippen LogP contribution in [0.25, 0.3) is 0 Å². The predicted octanol–water partition coefficient (Wildman–Crippen LogP) is 0.681. The number of nitrogens with one attached hydrogen (secondary N) is 1. The molecule has 0 atom stereocenters. The standard InChI is InChI=1S/C13H25N3O/c1-13(14-2)6-8-16(9-7-13)10-12(17)15(3)11-4-5-11/h11,14H,4-10H2,1-3H3. The summed E-state index contributed by atoms with van der Waals surface area (Å²) in [4.78, 5) is 16.2. The van der Waals surface area contributed by atoms with Crippen molar-refractivity contribution in [1.82, 2.24) is 15.1 Å². The maximum atomic E-state index is 12.0. The molecule has 0 aromatic carbocycles. The summed E-state index contributed by atoms with van der Waals surface area (Å²) in [6, 6.07) is 0.537. The third kappa shape index (κ3) is 3.19. The molecule has 0 aromatic rings. The van der Waals surface area contributed by atoms with Gasteiger partial charge in [0.2, 0.25) is 5.91 Å². The quantitative estimate of drug-likeness (QED) is 0.784. The van der Waals surface area contributed by atoms with Gasteiger partial charge in [0, 0.05) is 31.7 Å². The molecular formula is C13H25N3O. The molecule has 4 nitrogen and oxygen atoms in total. The summed E-state index contributed by atoms with van der Waals surface area (Å²) in [5, 5.41) is 3.38. The maximum Gasteiger partial charge on any atom is 0.236 e. The van der Waals surface area contributed by atoms with Crippen LogP contribution in [0.5, 0.6) is 0 Å². The lowest BCUT2D eigenvalue weighted by atomic mass is 9.90. The highest BCUT2D eigenvalue weighted by atomic mass is 16.2. The number of carbonyl (C=O) groups excluding carboxylic acids is 1. The molecule has 0 aromatic heterocycles. The molecule has 1 heterocycles. The molecule has 0 unspecified atom stereocenters. The van der Waals surface area contributed by atoms with Crippen molar-refractivity contribution in [3.05, 3.63) is 0 Å².